The number of aromatic carboxylic acids is 1. The molecule has 2 atom stereocenters. The maximum Gasteiger partial charge on any atom is 0.371 e. The summed E-state index contributed by atoms with van der Waals surface area (Å²) in [5.41, 5.74) is 0. The lowest BCUT2D eigenvalue weighted by Crippen LogP contribution is -2.35. The summed E-state index contributed by atoms with van der Waals surface area (Å²) in [6.07, 6.45) is 3.11. The highest BCUT2D eigenvalue weighted by Crippen LogP contribution is 2.32. The molecule has 2 unspecified atom stereocenters. The fourth-order valence-corrected chi connectivity index (χ4v) is 3.70. The molecule has 1 saturated carbocycles. The van der Waals surface area contributed by atoms with E-state index in [2.05, 4.69) is 6.92 Å². The highest BCUT2D eigenvalue weighted by atomic mass is 32.2. The smallest absolute Gasteiger partial charge is 0.371 e. The van der Waals surface area contributed by atoms with Gasteiger partial charge in [0.2, 0.25) is 5.76 Å². The van der Waals surface area contributed by atoms with Crippen molar-refractivity contribution in [2.75, 3.05) is 12.8 Å². The molecule has 1 aliphatic carbocycles. The Labute approximate surface area is 122 Å². The van der Waals surface area contributed by atoms with Gasteiger partial charge in [0.25, 0.3) is 5.91 Å². The van der Waals surface area contributed by atoms with Crippen LogP contribution in [0, 0.1) is 0 Å². The van der Waals surface area contributed by atoms with E-state index >= 15 is 0 Å². The second-order valence-corrected chi connectivity index (χ2v) is 6.51. The van der Waals surface area contributed by atoms with E-state index < -0.39 is 5.97 Å². The molecular formula is C14H19NO4S. The standard InChI is InChI=1S/C14H19NO4S/c1-3-20-10-5-4-9(8-10)15(2)13(16)11-6-7-12(19-11)14(17)18/h6-7,9-10H,3-5,8H2,1-2H3,(H,17,18). The summed E-state index contributed by atoms with van der Waals surface area (Å²) in [4.78, 5) is 24.7. The largest absolute Gasteiger partial charge is 0.475 e. The van der Waals surface area contributed by atoms with E-state index in [9.17, 15) is 9.59 Å². The first-order valence-electron chi connectivity index (χ1n) is 6.74. The number of hydrogen-bond acceptors (Lipinski definition) is 4. The number of carbonyl (C=O) groups excluding carboxylic acids is 1. The molecule has 1 aromatic rings. The third kappa shape index (κ3) is 3.17. The first-order chi connectivity index (χ1) is 9.52. The molecule has 0 aliphatic heterocycles. The minimum absolute atomic E-state index is 0.0940. The molecule has 20 heavy (non-hydrogen) atoms. The van der Waals surface area contributed by atoms with Gasteiger partial charge in [0.1, 0.15) is 0 Å². The fourth-order valence-electron chi connectivity index (χ4n) is 2.56. The van der Waals surface area contributed by atoms with Crippen LogP contribution in [0.1, 0.15) is 47.3 Å². The summed E-state index contributed by atoms with van der Waals surface area (Å²) in [5.74, 6) is -0.421. The monoisotopic (exact) mass is 297 g/mol. The van der Waals surface area contributed by atoms with E-state index in [1.165, 1.54) is 12.1 Å². The van der Waals surface area contributed by atoms with Crippen LogP contribution in [0.25, 0.3) is 0 Å². The topological polar surface area (TPSA) is 70.8 Å². The number of hydrogen-bond donors (Lipinski definition) is 1. The average molecular weight is 297 g/mol. The molecule has 0 saturated heterocycles. The zero-order valence-electron chi connectivity index (χ0n) is 11.7. The van der Waals surface area contributed by atoms with Crippen LogP contribution >= 0.6 is 11.8 Å². The lowest BCUT2D eigenvalue weighted by molar-refractivity contribution is 0.0645. The van der Waals surface area contributed by atoms with Crippen molar-refractivity contribution < 1.29 is 19.1 Å². The normalized spacial score (nSPS) is 21.9. The first-order valence-corrected chi connectivity index (χ1v) is 7.79. The van der Waals surface area contributed by atoms with Crippen LogP contribution in [0.4, 0.5) is 0 Å². The molecule has 1 fully saturated rings. The molecule has 1 N–H and O–H groups in total. The lowest BCUT2D eigenvalue weighted by atomic mass is 10.2. The lowest BCUT2D eigenvalue weighted by Gasteiger charge is -2.23. The van der Waals surface area contributed by atoms with E-state index in [1.54, 1.807) is 11.9 Å². The van der Waals surface area contributed by atoms with Crippen LogP contribution in [0.3, 0.4) is 0 Å². The number of carbonyl (C=O) groups is 2. The van der Waals surface area contributed by atoms with Crippen molar-refractivity contribution in [3.63, 3.8) is 0 Å². The Hall–Kier alpha value is -1.43. The molecule has 110 valence electrons. The van der Waals surface area contributed by atoms with Crippen LogP contribution < -0.4 is 0 Å². The van der Waals surface area contributed by atoms with Crippen LogP contribution in [-0.2, 0) is 0 Å². The van der Waals surface area contributed by atoms with E-state index in [0.29, 0.717) is 5.25 Å². The molecule has 0 aromatic carbocycles. The van der Waals surface area contributed by atoms with Crippen LogP contribution in [0.5, 0.6) is 0 Å². The van der Waals surface area contributed by atoms with Gasteiger partial charge in [-0.05, 0) is 37.1 Å². The molecule has 1 amide bonds. The van der Waals surface area contributed by atoms with Crippen molar-refractivity contribution in [1.29, 1.82) is 0 Å². The molecule has 1 aliphatic rings. The van der Waals surface area contributed by atoms with Crippen LogP contribution in [-0.4, -0.2) is 46.0 Å². The molecule has 0 spiro atoms. The molecule has 0 bridgehead atoms. The summed E-state index contributed by atoms with van der Waals surface area (Å²) in [6, 6.07) is 2.95. The Morgan fingerprint density at radius 3 is 2.70 bits per heavy atom. The quantitative estimate of drug-likeness (QED) is 0.905. The first kappa shape index (κ1) is 15.0. The van der Waals surface area contributed by atoms with E-state index in [4.69, 9.17) is 9.52 Å². The number of nitrogens with zero attached hydrogens (tertiary/aromatic N) is 1. The van der Waals surface area contributed by atoms with Crippen LogP contribution in [0.2, 0.25) is 0 Å². The van der Waals surface area contributed by atoms with Gasteiger partial charge in [-0.2, -0.15) is 11.8 Å². The van der Waals surface area contributed by atoms with Crippen molar-refractivity contribution in [2.24, 2.45) is 0 Å². The Kier molecular flexibility index (Phi) is 4.75. The van der Waals surface area contributed by atoms with Crippen molar-refractivity contribution in [1.82, 2.24) is 4.90 Å². The molecular weight excluding hydrogens is 278 g/mol. The van der Waals surface area contributed by atoms with Gasteiger partial charge in [0.05, 0.1) is 0 Å². The van der Waals surface area contributed by atoms with Crippen molar-refractivity contribution >= 4 is 23.6 Å². The van der Waals surface area contributed by atoms with Gasteiger partial charge in [-0.15, -0.1) is 0 Å². The molecule has 5 nitrogen and oxygen atoms in total. The van der Waals surface area contributed by atoms with Gasteiger partial charge in [-0.1, -0.05) is 6.92 Å². The Balaban J connectivity index is 1.99. The second-order valence-electron chi connectivity index (χ2n) is 4.93. The molecule has 1 heterocycles. The van der Waals surface area contributed by atoms with Gasteiger partial charge in [0, 0.05) is 18.3 Å². The number of rotatable bonds is 5. The van der Waals surface area contributed by atoms with Crippen molar-refractivity contribution in [3.8, 4) is 0 Å². The summed E-state index contributed by atoms with van der Waals surface area (Å²) >= 11 is 1.94. The summed E-state index contributed by atoms with van der Waals surface area (Å²) in [5, 5.41) is 9.42. The summed E-state index contributed by atoms with van der Waals surface area (Å²) in [6.45, 7) is 2.14. The highest BCUT2D eigenvalue weighted by molar-refractivity contribution is 7.99. The Morgan fingerprint density at radius 1 is 1.40 bits per heavy atom. The van der Waals surface area contributed by atoms with Gasteiger partial charge < -0.3 is 14.4 Å². The Morgan fingerprint density at radius 2 is 2.10 bits per heavy atom. The minimum atomic E-state index is -1.16. The third-order valence-electron chi connectivity index (χ3n) is 3.65. The van der Waals surface area contributed by atoms with Gasteiger partial charge >= 0.3 is 5.97 Å². The zero-order chi connectivity index (χ0) is 14.7. The van der Waals surface area contributed by atoms with E-state index in [0.717, 1.165) is 25.0 Å². The SMILES string of the molecule is CCSC1CCC(N(C)C(=O)c2ccc(C(=O)O)o2)C1. The Bertz CT molecular complexity index is 499. The molecule has 6 heteroatoms. The fraction of sp³-hybridized carbons (Fsp3) is 0.571. The number of carboxylic acid groups (broad SMARTS) is 1. The number of furan rings is 1. The maximum absolute atomic E-state index is 12.3. The predicted octanol–water partition coefficient (Wildman–Crippen LogP) is 2.72. The molecule has 2 rings (SSSR count). The average Bonchev–Trinajstić information content (AvgIpc) is 3.06. The van der Waals surface area contributed by atoms with Crippen molar-refractivity contribution in [2.45, 2.75) is 37.5 Å². The second kappa shape index (κ2) is 6.35. The van der Waals surface area contributed by atoms with Gasteiger partial charge in [-0.25, -0.2) is 4.79 Å². The third-order valence-corrected chi connectivity index (χ3v) is 4.89. The van der Waals surface area contributed by atoms with Gasteiger partial charge in [-0.3, -0.25) is 4.79 Å². The van der Waals surface area contributed by atoms with Gasteiger partial charge in [0.15, 0.2) is 5.76 Å². The molecule has 0 radical (unpaired) electrons. The number of thioether (sulfide) groups is 1. The summed E-state index contributed by atoms with van der Waals surface area (Å²) in [7, 11) is 1.76. The van der Waals surface area contributed by atoms with Crippen molar-refractivity contribution in [3.05, 3.63) is 23.7 Å². The van der Waals surface area contributed by atoms with Crippen LogP contribution in [0.15, 0.2) is 16.5 Å². The predicted molar refractivity (Wildman–Crippen MR) is 77.3 cm³/mol. The molecule has 1 aromatic heterocycles. The van der Waals surface area contributed by atoms with E-state index in [-0.39, 0.29) is 23.5 Å². The minimum Gasteiger partial charge on any atom is -0.475 e. The number of carboxylic acids is 1. The number of amides is 1. The summed E-state index contributed by atoms with van der Waals surface area (Å²) < 4.78 is 5.07. The highest BCUT2D eigenvalue weighted by Gasteiger charge is 2.31. The van der Waals surface area contributed by atoms with E-state index in [1.807, 2.05) is 11.8 Å². The maximum atomic E-state index is 12.3. The zero-order valence-corrected chi connectivity index (χ0v) is 12.5.